The summed E-state index contributed by atoms with van der Waals surface area (Å²) in [4.78, 5) is 14.5. The van der Waals surface area contributed by atoms with Crippen molar-refractivity contribution in [3.8, 4) is 0 Å². The van der Waals surface area contributed by atoms with Crippen LogP contribution >= 0.6 is 0 Å². The number of carbonyl (C=O) groups is 1. The van der Waals surface area contributed by atoms with Crippen LogP contribution in [0.3, 0.4) is 0 Å². The molecule has 3 heteroatoms. The number of β-amino-alcohol motifs (C(OH)–C–C–N with tert-alkyl or cyclic N) is 1. The molecule has 3 nitrogen and oxygen atoms in total. The molecule has 0 aromatic rings. The Bertz CT molecular complexity index is 284. The third kappa shape index (κ3) is 2.35. The van der Waals surface area contributed by atoms with E-state index in [-0.39, 0.29) is 11.5 Å². The van der Waals surface area contributed by atoms with Gasteiger partial charge in [0.25, 0.3) is 0 Å². The Morgan fingerprint density at radius 3 is 2.59 bits per heavy atom. The maximum absolute atomic E-state index is 12.6. The molecule has 0 radical (unpaired) electrons. The summed E-state index contributed by atoms with van der Waals surface area (Å²) < 4.78 is 0. The third-order valence-corrected chi connectivity index (χ3v) is 4.90. The average molecular weight is 239 g/mol. The first-order valence-electron chi connectivity index (χ1n) is 7.06. The van der Waals surface area contributed by atoms with Crippen molar-refractivity contribution in [3.63, 3.8) is 0 Å². The maximum atomic E-state index is 12.6. The van der Waals surface area contributed by atoms with E-state index in [1.807, 2.05) is 4.90 Å². The summed E-state index contributed by atoms with van der Waals surface area (Å²) in [7, 11) is 0. The first-order valence-corrected chi connectivity index (χ1v) is 7.06. The van der Waals surface area contributed by atoms with Gasteiger partial charge in [0.05, 0.1) is 6.10 Å². The van der Waals surface area contributed by atoms with E-state index in [2.05, 4.69) is 13.8 Å². The summed E-state index contributed by atoms with van der Waals surface area (Å²) in [5.41, 5.74) is -0.0969. The van der Waals surface area contributed by atoms with Crippen molar-refractivity contribution < 1.29 is 9.90 Å². The molecule has 0 spiro atoms. The van der Waals surface area contributed by atoms with Crippen LogP contribution in [-0.2, 0) is 4.79 Å². The number of aliphatic hydroxyl groups is 1. The first kappa shape index (κ1) is 12.9. The number of carbonyl (C=O) groups excluding carboxylic acids is 1. The van der Waals surface area contributed by atoms with Crippen molar-refractivity contribution in [2.75, 3.05) is 13.1 Å². The second kappa shape index (κ2) is 4.97. The molecule has 1 heterocycles. The molecule has 1 saturated heterocycles. The number of hydrogen-bond acceptors (Lipinski definition) is 2. The van der Waals surface area contributed by atoms with Gasteiger partial charge in [-0.25, -0.2) is 0 Å². The predicted molar refractivity (Wildman–Crippen MR) is 67.6 cm³/mol. The van der Waals surface area contributed by atoms with Crippen molar-refractivity contribution >= 4 is 5.91 Å². The Morgan fingerprint density at radius 1 is 1.41 bits per heavy atom. The molecular formula is C14H25NO2. The van der Waals surface area contributed by atoms with Gasteiger partial charge in [0.15, 0.2) is 0 Å². The molecule has 2 aliphatic rings. The van der Waals surface area contributed by atoms with E-state index < -0.39 is 0 Å². The Labute approximate surface area is 104 Å². The number of rotatable bonds is 2. The Kier molecular flexibility index (Phi) is 3.76. The highest BCUT2D eigenvalue weighted by Crippen LogP contribution is 2.43. The second-order valence-corrected chi connectivity index (χ2v) is 5.93. The molecule has 1 aliphatic carbocycles. The molecule has 0 aromatic heterocycles. The lowest BCUT2D eigenvalue weighted by Gasteiger charge is -2.39. The molecule has 0 aromatic carbocycles. The van der Waals surface area contributed by atoms with Gasteiger partial charge < -0.3 is 10.0 Å². The van der Waals surface area contributed by atoms with Crippen LogP contribution in [0.1, 0.15) is 52.4 Å². The number of nitrogens with zero attached hydrogens (tertiary/aromatic N) is 1. The van der Waals surface area contributed by atoms with Crippen LogP contribution in [0.25, 0.3) is 0 Å². The van der Waals surface area contributed by atoms with Crippen LogP contribution in [0, 0.1) is 11.3 Å². The van der Waals surface area contributed by atoms with Gasteiger partial charge in [-0.2, -0.15) is 0 Å². The summed E-state index contributed by atoms with van der Waals surface area (Å²) >= 11 is 0. The third-order valence-electron chi connectivity index (χ3n) is 4.90. The van der Waals surface area contributed by atoms with E-state index in [0.29, 0.717) is 18.4 Å². The summed E-state index contributed by atoms with van der Waals surface area (Å²) in [6, 6.07) is 0. The molecule has 1 N–H and O–H groups in total. The Hall–Kier alpha value is -0.570. The second-order valence-electron chi connectivity index (χ2n) is 5.93. The Morgan fingerprint density at radius 2 is 2.06 bits per heavy atom. The van der Waals surface area contributed by atoms with Gasteiger partial charge in [0.2, 0.25) is 5.91 Å². The van der Waals surface area contributed by atoms with Gasteiger partial charge in [-0.3, -0.25) is 4.79 Å². The predicted octanol–water partition coefficient (Wildman–Crippen LogP) is 2.19. The van der Waals surface area contributed by atoms with Crippen molar-refractivity contribution in [2.24, 2.45) is 11.3 Å². The standard InChI is InChI=1S/C14H25NO2/c1-3-14(7-4-5-8-14)13(17)15-9-6-11(2)12(16)10-15/h11-12,16H,3-10H2,1-2H3. The molecule has 98 valence electrons. The SMILES string of the molecule is CCC1(C(=O)N2CCC(C)C(O)C2)CCCC1. The lowest BCUT2D eigenvalue weighted by Crippen LogP contribution is -2.50. The molecule has 17 heavy (non-hydrogen) atoms. The van der Waals surface area contributed by atoms with E-state index in [1.165, 1.54) is 12.8 Å². The van der Waals surface area contributed by atoms with E-state index in [0.717, 1.165) is 32.2 Å². The monoisotopic (exact) mass is 239 g/mol. The van der Waals surface area contributed by atoms with Gasteiger partial charge >= 0.3 is 0 Å². The van der Waals surface area contributed by atoms with Gasteiger partial charge in [0, 0.05) is 18.5 Å². The van der Waals surface area contributed by atoms with E-state index in [1.54, 1.807) is 0 Å². The van der Waals surface area contributed by atoms with Crippen molar-refractivity contribution in [1.29, 1.82) is 0 Å². The highest BCUT2D eigenvalue weighted by molar-refractivity contribution is 5.83. The zero-order chi connectivity index (χ0) is 12.5. The highest BCUT2D eigenvalue weighted by atomic mass is 16.3. The fourth-order valence-corrected chi connectivity index (χ4v) is 3.34. The summed E-state index contributed by atoms with van der Waals surface area (Å²) in [5.74, 6) is 0.642. The van der Waals surface area contributed by atoms with Gasteiger partial charge in [-0.05, 0) is 31.6 Å². The van der Waals surface area contributed by atoms with Crippen LogP contribution in [0.2, 0.25) is 0 Å². The summed E-state index contributed by atoms with van der Waals surface area (Å²) in [6.07, 6.45) is 6.03. The molecule has 2 atom stereocenters. The lowest BCUT2D eigenvalue weighted by molar-refractivity contribution is -0.146. The van der Waals surface area contributed by atoms with Gasteiger partial charge in [-0.15, -0.1) is 0 Å². The van der Waals surface area contributed by atoms with Gasteiger partial charge in [0.1, 0.15) is 0 Å². The molecule has 2 unspecified atom stereocenters. The lowest BCUT2D eigenvalue weighted by atomic mass is 9.81. The van der Waals surface area contributed by atoms with Crippen molar-refractivity contribution in [3.05, 3.63) is 0 Å². The molecule has 1 aliphatic heterocycles. The van der Waals surface area contributed by atoms with E-state index in [9.17, 15) is 9.90 Å². The Balaban J connectivity index is 2.04. The largest absolute Gasteiger partial charge is 0.391 e. The van der Waals surface area contributed by atoms with Crippen molar-refractivity contribution in [1.82, 2.24) is 4.90 Å². The van der Waals surface area contributed by atoms with E-state index >= 15 is 0 Å². The fourth-order valence-electron chi connectivity index (χ4n) is 3.34. The van der Waals surface area contributed by atoms with Gasteiger partial charge in [-0.1, -0.05) is 26.7 Å². The quantitative estimate of drug-likeness (QED) is 0.802. The van der Waals surface area contributed by atoms with Crippen LogP contribution < -0.4 is 0 Å². The topological polar surface area (TPSA) is 40.5 Å². The number of likely N-dealkylation sites (tertiary alicyclic amines) is 1. The molecule has 2 fully saturated rings. The first-order chi connectivity index (χ1) is 8.09. The zero-order valence-electron chi connectivity index (χ0n) is 11.1. The minimum Gasteiger partial charge on any atom is -0.391 e. The number of amides is 1. The molecule has 0 bridgehead atoms. The highest BCUT2D eigenvalue weighted by Gasteiger charge is 2.43. The maximum Gasteiger partial charge on any atom is 0.228 e. The fraction of sp³-hybridized carbons (Fsp3) is 0.929. The minimum absolute atomic E-state index is 0.0969. The number of aliphatic hydroxyl groups excluding tert-OH is 1. The minimum atomic E-state index is -0.331. The molecule has 1 amide bonds. The summed E-state index contributed by atoms with van der Waals surface area (Å²) in [5, 5.41) is 9.90. The smallest absolute Gasteiger partial charge is 0.228 e. The van der Waals surface area contributed by atoms with Crippen LogP contribution in [0.5, 0.6) is 0 Å². The summed E-state index contributed by atoms with van der Waals surface area (Å²) in [6.45, 7) is 5.57. The molecular weight excluding hydrogens is 214 g/mol. The van der Waals surface area contributed by atoms with Crippen LogP contribution in [0.15, 0.2) is 0 Å². The zero-order valence-corrected chi connectivity index (χ0v) is 11.1. The normalized spacial score (nSPS) is 32.8. The van der Waals surface area contributed by atoms with Crippen LogP contribution in [0.4, 0.5) is 0 Å². The number of piperidine rings is 1. The van der Waals surface area contributed by atoms with Crippen LogP contribution in [-0.4, -0.2) is 35.1 Å². The molecule has 1 saturated carbocycles. The number of hydrogen-bond donors (Lipinski definition) is 1. The average Bonchev–Trinajstić information content (AvgIpc) is 2.81. The van der Waals surface area contributed by atoms with Crippen molar-refractivity contribution in [2.45, 2.75) is 58.5 Å². The molecule has 2 rings (SSSR count). The van der Waals surface area contributed by atoms with E-state index in [4.69, 9.17) is 0 Å².